The molecule has 1 aromatic carbocycles. The molecule has 0 saturated heterocycles. The van der Waals surface area contributed by atoms with Crippen LogP contribution in [0.4, 0.5) is 0 Å². The van der Waals surface area contributed by atoms with Gasteiger partial charge in [-0.3, -0.25) is 4.99 Å². The van der Waals surface area contributed by atoms with E-state index in [-0.39, 0.29) is 12.1 Å². The first kappa shape index (κ1) is 14.9. The molecule has 6 heteroatoms. The molecule has 0 atom stereocenters. The molecule has 1 fully saturated rings. The van der Waals surface area contributed by atoms with Crippen molar-refractivity contribution in [3.63, 3.8) is 0 Å². The van der Waals surface area contributed by atoms with Crippen LogP contribution in [0.25, 0.3) is 10.6 Å². The number of nitrogens with zero attached hydrogens (tertiary/aromatic N) is 4. The fourth-order valence-electron chi connectivity index (χ4n) is 2.61. The van der Waals surface area contributed by atoms with Crippen molar-refractivity contribution >= 4 is 11.3 Å². The minimum Gasteiger partial charge on any atom is -0.393 e. The van der Waals surface area contributed by atoms with Gasteiger partial charge in [-0.1, -0.05) is 23.5 Å². The summed E-state index contributed by atoms with van der Waals surface area (Å²) in [5.41, 5.74) is 1.65. The van der Waals surface area contributed by atoms with Gasteiger partial charge < -0.3 is 5.11 Å². The smallest absolute Gasteiger partial charge is 0.203 e. The van der Waals surface area contributed by atoms with Gasteiger partial charge in [0.25, 0.3) is 0 Å². The van der Waals surface area contributed by atoms with E-state index in [1.807, 2.05) is 23.9 Å². The number of aliphatic hydroxyl groups excluding tert-OH is 1. The number of aliphatic hydroxyl groups is 1. The first-order chi connectivity index (χ1) is 10.7. The molecule has 0 unspecified atom stereocenters. The minimum atomic E-state index is -0.157. The Hall–Kier alpha value is -1.97. The lowest BCUT2D eigenvalue weighted by molar-refractivity contribution is 0.123. The minimum absolute atomic E-state index is 0.157. The molecule has 5 nitrogen and oxygen atoms in total. The Bertz CT molecular complexity index is 746. The maximum Gasteiger partial charge on any atom is 0.203 e. The molecule has 0 spiro atoms. The van der Waals surface area contributed by atoms with Gasteiger partial charge in [-0.15, -0.1) is 0 Å². The maximum atomic E-state index is 9.56. The van der Waals surface area contributed by atoms with Crippen LogP contribution in [0.3, 0.4) is 0 Å². The summed E-state index contributed by atoms with van der Waals surface area (Å²) in [7, 11) is 1.90. The van der Waals surface area contributed by atoms with Crippen LogP contribution in [0.2, 0.25) is 0 Å². The predicted molar refractivity (Wildman–Crippen MR) is 85.1 cm³/mol. The molecule has 1 aromatic heterocycles. The molecule has 0 radical (unpaired) electrons. The van der Waals surface area contributed by atoms with Crippen molar-refractivity contribution in [1.29, 1.82) is 5.26 Å². The Morgan fingerprint density at radius 3 is 2.59 bits per heavy atom. The average Bonchev–Trinajstić information content (AvgIpc) is 2.91. The third-order valence-electron chi connectivity index (χ3n) is 3.93. The number of benzene rings is 1. The quantitative estimate of drug-likeness (QED) is 0.923. The van der Waals surface area contributed by atoms with Crippen molar-refractivity contribution in [2.75, 3.05) is 0 Å². The van der Waals surface area contributed by atoms with Crippen LogP contribution >= 0.6 is 11.3 Å². The molecule has 22 heavy (non-hydrogen) atoms. The number of hydrogen-bond acceptors (Lipinski definition) is 5. The Kier molecular flexibility index (Phi) is 4.36. The Morgan fingerprint density at radius 1 is 1.27 bits per heavy atom. The van der Waals surface area contributed by atoms with Gasteiger partial charge in [-0.25, -0.2) is 4.68 Å². The largest absolute Gasteiger partial charge is 0.393 e. The zero-order valence-electron chi connectivity index (χ0n) is 12.4. The second-order valence-corrected chi connectivity index (χ2v) is 6.55. The van der Waals surface area contributed by atoms with Crippen molar-refractivity contribution in [1.82, 2.24) is 9.78 Å². The summed E-state index contributed by atoms with van der Waals surface area (Å²) in [5, 5.41) is 23.8. The molecule has 0 aliphatic heterocycles. The molecular weight excluding hydrogens is 296 g/mol. The highest BCUT2D eigenvalue weighted by Crippen LogP contribution is 2.22. The molecule has 114 valence electrons. The predicted octanol–water partition coefficient (Wildman–Crippen LogP) is 2.22. The monoisotopic (exact) mass is 314 g/mol. The van der Waals surface area contributed by atoms with Crippen LogP contribution < -0.4 is 4.80 Å². The zero-order chi connectivity index (χ0) is 15.5. The summed E-state index contributed by atoms with van der Waals surface area (Å²) in [6.45, 7) is 0. The third-order valence-corrected chi connectivity index (χ3v) is 4.99. The van der Waals surface area contributed by atoms with E-state index in [4.69, 9.17) is 10.3 Å². The second kappa shape index (κ2) is 6.42. The normalized spacial score (nSPS) is 22.5. The van der Waals surface area contributed by atoms with Gasteiger partial charge >= 0.3 is 0 Å². The standard InChI is InChI=1S/C16H18N4OS/c1-20-16(18-13-6-8-14(21)9-7-13)22-15(19-20)12-4-2-11(10-17)3-5-12/h2-5,13-14,21H,6-9H2,1H3. The van der Waals surface area contributed by atoms with E-state index in [1.54, 1.807) is 23.5 Å². The van der Waals surface area contributed by atoms with Gasteiger partial charge in [0.05, 0.1) is 23.8 Å². The van der Waals surface area contributed by atoms with E-state index in [2.05, 4.69) is 11.2 Å². The van der Waals surface area contributed by atoms with Crippen LogP contribution in [0.5, 0.6) is 0 Å². The van der Waals surface area contributed by atoms with Crippen molar-refractivity contribution < 1.29 is 5.11 Å². The van der Waals surface area contributed by atoms with Gasteiger partial charge in [0, 0.05) is 12.6 Å². The average molecular weight is 314 g/mol. The van der Waals surface area contributed by atoms with Crippen LogP contribution in [0.15, 0.2) is 29.3 Å². The van der Waals surface area contributed by atoms with Crippen molar-refractivity contribution in [2.24, 2.45) is 12.0 Å². The first-order valence-electron chi connectivity index (χ1n) is 7.42. The molecule has 0 bridgehead atoms. The van der Waals surface area contributed by atoms with Gasteiger partial charge in [-0.05, 0) is 37.8 Å². The summed E-state index contributed by atoms with van der Waals surface area (Å²) >= 11 is 1.56. The lowest BCUT2D eigenvalue weighted by Gasteiger charge is -2.21. The summed E-state index contributed by atoms with van der Waals surface area (Å²) < 4.78 is 1.81. The van der Waals surface area contributed by atoms with E-state index < -0.39 is 0 Å². The molecule has 1 N–H and O–H groups in total. The molecule has 1 heterocycles. The Labute approximate surface area is 133 Å². The van der Waals surface area contributed by atoms with Crippen molar-refractivity contribution in [2.45, 2.75) is 37.8 Å². The number of rotatable bonds is 2. The van der Waals surface area contributed by atoms with Crippen LogP contribution in [0, 0.1) is 11.3 Å². The number of aromatic nitrogens is 2. The highest BCUT2D eigenvalue weighted by molar-refractivity contribution is 7.12. The van der Waals surface area contributed by atoms with E-state index in [0.29, 0.717) is 5.56 Å². The molecule has 1 saturated carbocycles. The van der Waals surface area contributed by atoms with Crippen LogP contribution in [-0.4, -0.2) is 27.0 Å². The number of aryl methyl sites for hydroxylation is 1. The van der Waals surface area contributed by atoms with E-state index >= 15 is 0 Å². The summed E-state index contributed by atoms with van der Waals surface area (Å²) in [6, 6.07) is 9.83. The number of nitriles is 1. The lowest BCUT2D eigenvalue weighted by atomic mass is 9.94. The second-order valence-electron chi connectivity index (χ2n) is 5.59. The molecule has 1 aliphatic carbocycles. The first-order valence-corrected chi connectivity index (χ1v) is 8.24. The van der Waals surface area contributed by atoms with E-state index in [1.165, 1.54) is 0 Å². The summed E-state index contributed by atoms with van der Waals surface area (Å²) in [5.74, 6) is 0. The summed E-state index contributed by atoms with van der Waals surface area (Å²) in [6.07, 6.45) is 3.38. The summed E-state index contributed by atoms with van der Waals surface area (Å²) in [4.78, 5) is 5.69. The molecule has 3 rings (SSSR count). The third kappa shape index (κ3) is 3.26. The maximum absolute atomic E-state index is 9.56. The Balaban J connectivity index is 1.85. The molecule has 2 aromatic rings. The molecule has 1 aliphatic rings. The van der Waals surface area contributed by atoms with E-state index in [0.717, 1.165) is 41.1 Å². The molecular formula is C16H18N4OS. The molecule has 0 amide bonds. The van der Waals surface area contributed by atoms with Crippen LogP contribution in [0.1, 0.15) is 31.2 Å². The lowest BCUT2D eigenvalue weighted by Crippen LogP contribution is -2.24. The van der Waals surface area contributed by atoms with Crippen LogP contribution in [-0.2, 0) is 7.05 Å². The Morgan fingerprint density at radius 2 is 1.95 bits per heavy atom. The fraction of sp³-hybridized carbons (Fsp3) is 0.438. The fourth-order valence-corrected chi connectivity index (χ4v) is 3.57. The topological polar surface area (TPSA) is 74.2 Å². The SMILES string of the molecule is Cn1nc(-c2ccc(C#N)cc2)sc1=NC1CCC(O)CC1. The highest BCUT2D eigenvalue weighted by Gasteiger charge is 2.18. The highest BCUT2D eigenvalue weighted by atomic mass is 32.1. The zero-order valence-corrected chi connectivity index (χ0v) is 13.3. The van der Waals surface area contributed by atoms with Gasteiger partial charge in [0.1, 0.15) is 5.01 Å². The van der Waals surface area contributed by atoms with Gasteiger partial charge in [0.2, 0.25) is 4.80 Å². The van der Waals surface area contributed by atoms with Gasteiger partial charge in [0.15, 0.2) is 0 Å². The van der Waals surface area contributed by atoms with Crippen molar-refractivity contribution in [3.8, 4) is 16.6 Å². The van der Waals surface area contributed by atoms with Crippen molar-refractivity contribution in [3.05, 3.63) is 34.6 Å². The van der Waals surface area contributed by atoms with E-state index in [9.17, 15) is 5.11 Å². The number of hydrogen-bond donors (Lipinski definition) is 1. The van der Waals surface area contributed by atoms with Gasteiger partial charge in [-0.2, -0.15) is 10.4 Å².